The number of fused-ring (bicyclic) bond motifs is 1. The summed E-state index contributed by atoms with van der Waals surface area (Å²) in [6.07, 6.45) is 0.877. The van der Waals surface area contributed by atoms with Crippen LogP contribution in [-0.4, -0.2) is 11.0 Å². The van der Waals surface area contributed by atoms with Crippen LogP contribution in [-0.2, 0) is 11.2 Å². The van der Waals surface area contributed by atoms with Gasteiger partial charge in [-0.3, -0.25) is 0 Å². The number of aromatic nitrogens is 1. The van der Waals surface area contributed by atoms with E-state index in [1.807, 2.05) is 0 Å². The second-order valence-electron chi connectivity index (χ2n) is 4.05. The predicted octanol–water partition coefficient (Wildman–Crippen LogP) is 0.858. The molecule has 0 saturated carbocycles. The number of benzene rings is 1. The first-order chi connectivity index (χ1) is 8.91. The van der Waals surface area contributed by atoms with E-state index >= 15 is 0 Å². The Bertz CT molecular complexity index is 657. The third-order valence-corrected chi connectivity index (χ3v) is 4.42. The van der Waals surface area contributed by atoms with Crippen molar-refractivity contribution in [2.45, 2.75) is 19.3 Å². The van der Waals surface area contributed by atoms with Crippen molar-refractivity contribution in [3.63, 3.8) is 0 Å². The molecule has 0 amide bonds. The van der Waals surface area contributed by atoms with Crippen LogP contribution in [0.2, 0.25) is 20.1 Å². The number of carbonyl (C=O) groups is 1. The summed E-state index contributed by atoms with van der Waals surface area (Å²) in [5.41, 5.74) is 1.38. The minimum atomic E-state index is -1.09. The number of carboxylic acids is 1. The van der Waals surface area contributed by atoms with Crippen LogP contribution in [0.3, 0.4) is 0 Å². The van der Waals surface area contributed by atoms with Crippen LogP contribution in [0.15, 0.2) is 6.07 Å². The molecular formula is C12H8Cl4NNaO2. The maximum absolute atomic E-state index is 10.4. The van der Waals surface area contributed by atoms with Gasteiger partial charge in [0.1, 0.15) is 0 Å². The third kappa shape index (κ3) is 3.77. The van der Waals surface area contributed by atoms with E-state index in [-0.39, 0.29) is 46.0 Å². The molecule has 0 aliphatic heterocycles. The fraction of sp³-hybridized carbons (Fsp3) is 0.250. The smallest absolute Gasteiger partial charge is 0.550 e. The van der Waals surface area contributed by atoms with Gasteiger partial charge in [0.2, 0.25) is 0 Å². The van der Waals surface area contributed by atoms with Gasteiger partial charge in [-0.15, -0.1) is 0 Å². The molecule has 1 aromatic heterocycles. The SMILES string of the molecule is O=C([O-])CCCc1[nH]c2cc(Cl)c(Cl)c(Cl)c2c1Cl.[Na+]. The molecule has 0 spiro atoms. The number of hydrogen-bond donors (Lipinski definition) is 1. The summed E-state index contributed by atoms with van der Waals surface area (Å²) in [7, 11) is 0. The van der Waals surface area contributed by atoms with Crippen LogP contribution in [0.4, 0.5) is 0 Å². The molecule has 1 aromatic carbocycles. The number of aromatic amines is 1. The van der Waals surface area contributed by atoms with Crippen molar-refractivity contribution >= 4 is 63.3 Å². The van der Waals surface area contributed by atoms with E-state index in [9.17, 15) is 9.90 Å². The van der Waals surface area contributed by atoms with Crippen molar-refractivity contribution in [2.75, 3.05) is 0 Å². The number of hydrogen-bond acceptors (Lipinski definition) is 2. The van der Waals surface area contributed by atoms with Crippen LogP contribution in [0.25, 0.3) is 10.9 Å². The Hall–Kier alpha value is 0.390. The van der Waals surface area contributed by atoms with Crippen LogP contribution in [0.1, 0.15) is 18.5 Å². The molecule has 0 bridgehead atoms. The number of H-pyrrole nitrogens is 1. The van der Waals surface area contributed by atoms with Gasteiger partial charge in [-0.05, 0) is 25.3 Å². The summed E-state index contributed by atoms with van der Waals surface area (Å²) in [4.78, 5) is 13.5. The average molecular weight is 363 g/mol. The van der Waals surface area contributed by atoms with Gasteiger partial charge in [-0.1, -0.05) is 46.4 Å². The molecule has 0 radical (unpaired) electrons. The minimum absolute atomic E-state index is 0. The van der Waals surface area contributed by atoms with Crippen LogP contribution < -0.4 is 34.7 Å². The van der Waals surface area contributed by atoms with Crippen LogP contribution in [0.5, 0.6) is 0 Å². The zero-order valence-corrected chi connectivity index (χ0v) is 15.6. The van der Waals surface area contributed by atoms with Gasteiger partial charge >= 0.3 is 29.6 Å². The van der Waals surface area contributed by atoms with Crippen molar-refractivity contribution in [1.82, 2.24) is 4.98 Å². The molecule has 2 aromatic rings. The summed E-state index contributed by atoms with van der Waals surface area (Å²) in [5.74, 6) is -1.09. The molecule has 20 heavy (non-hydrogen) atoms. The quantitative estimate of drug-likeness (QED) is 0.647. The molecule has 0 saturated heterocycles. The van der Waals surface area contributed by atoms with E-state index in [1.54, 1.807) is 6.07 Å². The summed E-state index contributed by atoms with van der Waals surface area (Å²) >= 11 is 24.2. The van der Waals surface area contributed by atoms with E-state index < -0.39 is 5.97 Å². The van der Waals surface area contributed by atoms with Gasteiger partial charge < -0.3 is 14.9 Å². The molecular weight excluding hydrogens is 355 g/mol. The number of carboxylic acid groups (broad SMARTS) is 1. The van der Waals surface area contributed by atoms with Crippen LogP contribution >= 0.6 is 46.4 Å². The number of carbonyl (C=O) groups excluding carboxylic acids is 1. The Balaban J connectivity index is 0.00000200. The molecule has 0 aliphatic rings. The molecule has 0 unspecified atom stereocenters. The Labute approximate surface area is 157 Å². The molecule has 0 aliphatic carbocycles. The van der Waals surface area contributed by atoms with Gasteiger partial charge in [0.15, 0.2) is 0 Å². The molecule has 102 valence electrons. The zero-order valence-electron chi connectivity index (χ0n) is 10.5. The average Bonchev–Trinajstić information content (AvgIpc) is 2.63. The first kappa shape index (κ1) is 18.4. The summed E-state index contributed by atoms with van der Waals surface area (Å²) in [6.45, 7) is 0. The van der Waals surface area contributed by atoms with Gasteiger partial charge in [-0.25, -0.2) is 0 Å². The normalized spacial score (nSPS) is 10.6. The Morgan fingerprint density at radius 2 is 1.80 bits per heavy atom. The second-order valence-corrected chi connectivity index (χ2v) is 5.59. The predicted molar refractivity (Wildman–Crippen MR) is 76.3 cm³/mol. The number of rotatable bonds is 4. The maximum atomic E-state index is 10.4. The molecule has 8 heteroatoms. The second kappa shape index (κ2) is 7.59. The fourth-order valence-corrected chi connectivity index (χ4v) is 2.94. The summed E-state index contributed by atoms with van der Waals surface area (Å²) in [6, 6.07) is 1.64. The van der Waals surface area contributed by atoms with E-state index in [1.165, 1.54) is 0 Å². The van der Waals surface area contributed by atoms with Gasteiger partial charge in [0.05, 0.1) is 25.6 Å². The number of halogens is 4. The first-order valence-corrected chi connectivity index (χ1v) is 6.96. The maximum Gasteiger partial charge on any atom is 1.00 e. The standard InChI is InChI=1S/C12H9Cl4NO2.Na/c13-5-4-7-9(12(16)10(5)14)11(15)6(17-7)2-1-3-8(18)19;/h4,17H,1-3H2,(H,18,19);/q;+1/p-1. The van der Waals surface area contributed by atoms with Crippen LogP contribution in [0, 0.1) is 0 Å². The van der Waals surface area contributed by atoms with Gasteiger partial charge in [0, 0.05) is 17.0 Å². The molecule has 3 nitrogen and oxygen atoms in total. The molecule has 1 N–H and O–H groups in total. The number of aryl methyl sites for hydroxylation is 1. The number of aliphatic carboxylic acids is 1. The molecule has 2 rings (SSSR count). The Kier molecular flexibility index (Phi) is 7.00. The summed E-state index contributed by atoms with van der Waals surface area (Å²) < 4.78 is 0. The van der Waals surface area contributed by atoms with Crippen molar-refractivity contribution in [2.24, 2.45) is 0 Å². The van der Waals surface area contributed by atoms with Gasteiger partial charge in [-0.2, -0.15) is 0 Å². The molecule has 0 fully saturated rings. The number of nitrogens with one attached hydrogen (secondary N) is 1. The van der Waals surface area contributed by atoms with E-state index in [4.69, 9.17) is 46.4 Å². The van der Waals surface area contributed by atoms with Crippen molar-refractivity contribution < 1.29 is 39.5 Å². The molecule has 0 atom stereocenters. The van der Waals surface area contributed by atoms with Crippen molar-refractivity contribution in [3.8, 4) is 0 Å². The Morgan fingerprint density at radius 1 is 1.15 bits per heavy atom. The van der Waals surface area contributed by atoms with E-state index in [0.29, 0.717) is 39.5 Å². The third-order valence-electron chi connectivity index (χ3n) is 2.74. The zero-order chi connectivity index (χ0) is 14.2. The van der Waals surface area contributed by atoms with E-state index in [2.05, 4.69) is 4.98 Å². The van der Waals surface area contributed by atoms with E-state index in [0.717, 1.165) is 0 Å². The Morgan fingerprint density at radius 3 is 2.40 bits per heavy atom. The van der Waals surface area contributed by atoms with Crippen molar-refractivity contribution in [3.05, 3.63) is 31.9 Å². The topological polar surface area (TPSA) is 55.9 Å². The largest absolute Gasteiger partial charge is 1.00 e. The fourth-order valence-electron chi connectivity index (χ4n) is 1.86. The van der Waals surface area contributed by atoms with Gasteiger partial charge in [0.25, 0.3) is 0 Å². The minimum Gasteiger partial charge on any atom is -0.550 e. The summed E-state index contributed by atoms with van der Waals surface area (Å²) in [5, 5.41) is 12.3. The first-order valence-electron chi connectivity index (χ1n) is 5.45. The monoisotopic (exact) mass is 361 g/mol. The van der Waals surface area contributed by atoms with Crippen molar-refractivity contribution in [1.29, 1.82) is 0 Å². The molecule has 1 heterocycles.